The van der Waals surface area contributed by atoms with Gasteiger partial charge in [0.05, 0.1) is 11.1 Å². The Labute approximate surface area is 213 Å². The van der Waals surface area contributed by atoms with Crippen LogP contribution in [0.15, 0.2) is 48.8 Å². The fraction of sp³-hybridized carbons (Fsp3) is 0.320. The zero-order valence-electron chi connectivity index (χ0n) is 19.4. The molecule has 0 saturated heterocycles. The van der Waals surface area contributed by atoms with E-state index < -0.39 is 17.6 Å². The Morgan fingerprint density at radius 3 is 2.69 bits per heavy atom. The molecule has 8 nitrogen and oxygen atoms in total. The van der Waals surface area contributed by atoms with Crippen LogP contribution < -0.4 is 16.4 Å². The van der Waals surface area contributed by atoms with Crippen molar-refractivity contribution in [1.29, 1.82) is 0 Å². The number of rotatable bonds is 9. The number of carbonyl (C=O) groups excluding carboxylic acids is 2. The zero-order chi connectivity index (χ0) is 25.2. The van der Waals surface area contributed by atoms with Crippen LogP contribution in [0.2, 0.25) is 10.0 Å². The number of H-pyrrole nitrogens is 1. The molecule has 0 aliphatic heterocycles. The average molecular weight is 516 g/mol. The van der Waals surface area contributed by atoms with Crippen LogP contribution in [0.4, 0.5) is 5.82 Å². The van der Waals surface area contributed by atoms with Crippen LogP contribution >= 0.6 is 23.2 Å². The third-order valence-corrected chi connectivity index (χ3v) is 6.20. The number of halogens is 2. The summed E-state index contributed by atoms with van der Waals surface area (Å²) in [6.07, 6.45) is 4.46. The summed E-state index contributed by atoms with van der Waals surface area (Å²) in [6.45, 7) is 3.96. The van der Waals surface area contributed by atoms with Gasteiger partial charge in [-0.25, -0.2) is 4.98 Å². The molecule has 0 unspecified atom stereocenters. The summed E-state index contributed by atoms with van der Waals surface area (Å²) < 4.78 is 5.43. The molecular formula is C25H27Cl2N5O3. The molecule has 1 saturated carbocycles. The lowest BCUT2D eigenvalue weighted by Gasteiger charge is -2.20. The quantitative estimate of drug-likeness (QED) is 0.306. The summed E-state index contributed by atoms with van der Waals surface area (Å²) in [4.78, 5) is 32.7. The lowest BCUT2D eigenvalue weighted by Crippen LogP contribution is -2.38. The smallest absolute Gasteiger partial charge is 0.326 e. The fourth-order valence-corrected chi connectivity index (χ4v) is 3.95. The highest BCUT2D eigenvalue weighted by Crippen LogP contribution is 2.34. The molecule has 1 fully saturated rings. The number of benzene rings is 1. The lowest BCUT2D eigenvalue weighted by molar-refractivity contribution is -0.147. The molecule has 0 radical (unpaired) electrons. The largest absolute Gasteiger partial charge is 0.462 e. The monoisotopic (exact) mass is 515 g/mol. The maximum absolute atomic E-state index is 13.1. The van der Waals surface area contributed by atoms with Crippen molar-refractivity contribution in [3.8, 4) is 11.1 Å². The number of pyridine rings is 1. The number of nitrogens with one attached hydrogen (secondary N) is 3. The fourth-order valence-electron chi connectivity index (χ4n) is 3.54. The molecule has 10 heteroatoms. The van der Waals surface area contributed by atoms with Gasteiger partial charge in [-0.2, -0.15) is 0 Å². The van der Waals surface area contributed by atoms with Crippen molar-refractivity contribution < 1.29 is 14.3 Å². The Bertz CT molecular complexity index is 1240. The molecule has 1 aromatic carbocycles. The molecule has 1 atom stereocenters. The Morgan fingerprint density at radius 1 is 1.23 bits per heavy atom. The second kappa shape index (κ2) is 10.3. The van der Waals surface area contributed by atoms with Crippen molar-refractivity contribution in [3.05, 3.63) is 70.1 Å². The van der Waals surface area contributed by atoms with Crippen LogP contribution in [0.25, 0.3) is 11.1 Å². The average Bonchev–Trinajstić information content (AvgIpc) is 3.38. The number of hydrogen-bond donors (Lipinski definition) is 4. The SMILES string of the molecule is CC(C)Nc1cc(-c2c[nH]c(C(=O)N[C@H](COC(=O)C3(N)CC3)c3cccc(Cl)c3)c2)c(Cl)cn1. The van der Waals surface area contributed by atoms with Crippen molar-refractivity contribution in [3.63, 3.8) is 0 Å². The summed E-state index contributed by atoms with van der Waals surface area (Å²) in [6, 6.07) is 10.1. The third kappa shape index (κ3) is 6.14. The molecular weight excluding hydrogens is 489 g/mol. The molecule has 4 rings (SSSR count). The van der Waals surface area contributed by atoms with Crippen molar-refractivity contribution in [2.24, 2.45) is 5.73 Å². The molecule has 2 aromatic heterocycles. The molecule has 184 valence electrons. The molecule has 5 N–H and O–H groups in total. The summed E-state index contributed by atoms with van der Waals surface area (Å²) in [5.41, 5.74) is 7.51. The van der Waals surface area contributed by atoms with Gasteiger partial charge >= 0.3 is 5.97 Å². The number of anilines is 1. The van der Waals surface area contributed by atoms with Gasteiger partial charge in [0.2, 0.25) is 0 Å². The summed E-state index contributed by atoms with van der Waals surface area (Å²) in [7, 11) is 0. The standard InChI is InChI=1S/C25H27Cl2N5O3/c1-14(2)31-22-10-18(19(27)12-30-22)16-9-20(29-11-16)23(33)32-21(15-4-3-5-17(26)8-15)13-35-24(34)25(28)6-7-25/h3-5,8-12,14,21,29H,6-7,13,28H2,1-2H3,(H,30,31)(H,32,33)/t21-/m1/s1. The Balaban J connectivity index is 1.52. The first kappa shape index (κ1) is 25.0. The normalized spacial score (nSPS) is 14.9. The lowest BCUT2D eigenvalue weighted by atomic mass is 10.1. The zero-order valence-corrected chi connectivity index (χ0v) is 20.9. The molecule has 3 aromatic rings. The Hall–Kier alpha value is -3.07. The van der Waals surface area contributed by atoms with E-state index in [4.69, 9.17) is 33.7 Å². The summed E-state index contributed by atoms with van der Waals surface area (Å²) in [5.74, 6) is -0.168. The van der Waals surface area contributed by atoms with Crippen LogP contribution in [0.1, 0.15) is 48.8 Å². The van der Waals surface area contributed by atoms with Gasteiger partial charge in [-0.3, -0.25) is 9.59 Å². The first-order chi connectivity index (χ1) is 16.6. The van der Waals surface area contributed by atoms with Crippen molar-refractivity contribution in [1.82, 2.24) is 15.3 Å². The van der Waals surface area contributed by atoms with Crippen LogP contribution in [0, 0.1) is 0 Å². The number of amides is 1. The second-order valence-electron chi connectivity index (χ2n) is 8.99. The van der Waals surface area contributed by atoms with E-state index in [2.05, 4.69) is 20.6 Å². The molecule has 1 amide bonds. The molecule has 0 spiro atoms. The number of nitrogens with two attached hydrogens (primary N) is 1. The highest BCUT2D eigenvalue weighted by atomic mass is 35.5. The van der Waals surface area contributed by atoms with E-state index in [0.717, 1.165) is 11.1 Å². The maximum atomic E-state index is 13.1. The summed E-state index contributed by atoms with van der Waals surface area (Å²) >= 11 is 12.5. The van der Waals surface area contributed by atoms with Gasteiger partial charge in [0.25, 0.3) is 5.91 Å². The van der Waals surface area contributed by atoms with Gasteiger partial charge in [0.15, 0.2) is 0 Å². The van der Waals surface area contributed by atoms with Gasteiger partial charge in [0, 0.05) is 34.6 Å². The minimum atomic E-state index is -0.912. The van der Waals surface area contributed by atoms with Crippen LogP contribution in [-0.4, -0.2) is 40.0 Å². The van der Waals surface area contributed by atoms with E-state index in [-0.39, 0.29) is 18.6 Å². The Kier molecular flexibility index (Phi) is 7.35. The van der Waals surface area contributed by atoms with Crippen LogP contribution in [0.3, 0.4) is 0 Å². The first-order valence-electron chi connectivity index (χ1n) is 11.3. The van der Waals surface area contributed by atoms with E-state index in [1.807, 2.05) is 19.9 Å². The van der Waals surface area contributed by atoms with E-state index in [9.17, 15) is 9.59 Å². The highest BCUT2D eigenvalue weighted by Gasteiger charge is 2.47. The van der Waals surface area contributed by atoms with E-state index in [1.165, 1.54) is 0 Å². The molecule has 1 aliphatic rings. The summed E-state index contributed by atoms with van der Waals surface area (Å²) in [5, 5.41) is 7.12. The van der Waals surface area contributed by atoms with E-state index in [0.29, 0.717) is 40.0 Å². The van der Waals surface area contributed by atoms with Crippen molar-refractivity contribution in [2.75, 3.05) is 11.9 Å². The topological polar surface area (TPSA) is 122 Å². The number of aromatic nitrogens is 2. The number of carbonyl (C=O) groups is 2. The van der Waals surface area contributed by atoms with Crippen LogP contribution in [0.5, 0.6) is 0 Å². The Morgan fingerprint density at radius 2 is 2.00 bits per heavy atom. The van der Waals surface area contributed by atoms with Crippen LogP contribution in [-0.2, 0) is 9.53 Å². The minimum absolute atomic E-state index is 0.0716. The van der Waals surface area contributed by atoms with Gasteiger partial charge in [-0.1, -0.05) is 35.3 Å². The first-order valence-corrected chi connectivity index (χ1v) is 12.0. The number of nitrogens with zero attached hydrogens (tertiary/aromatic N) is 1. The van der Waals surface area contributed by atoms with Gasteiger partial charge < -0.3 is 26.1 Å². The number of esters is 1. The molecule has 0 bridgehead atoms. The number of ether oxygens (including phenoxy) is 1. The minimum Gasteiger partial charge on any atom is -0.462 e. The number of aromatic amines is 1. The predicted molar refractivity (Wildman–Crippen MR) is 137 cm³/mol. The number of hydrogen-bond acceptors (Lipinski definition) is 6. The molecule has 2 heterocycles. The molecule has 1 aliphatic carbocycles. The van der Waals surface area contributed by atoms with Crippen molar-refractivity contribution >= 4 is 40.9 Å². The van der Waals surface area contributed by atoms with Crippen molar-refractivity contribution in [2.45, 2.75) is 44.3 Å². The van der Waals surface area contributed by atoms with Gasteiger partial charge in [-0.15, -0.1) is 0 Å². The maximum Gasteiger partial charge on any atom is 0.326 e. The predicted octanol–water partition coefficient (Wildman–Crippen LogP) is 4.71. The van der Waals surface area contributed by atoms with Gasteiger partial charge in [0.1, 0.15) is 23.7 Å². The van der Waals surface area contributed by atoms with E-state index >= 15 is 0 Å². The highest BCUT2D eigenvalue weighted by molar-refractivity contribution is 6.33. The third-order valence-electron chi connectivity index (χ3n) is 5.66. The second-order valence-corrected chi connectivity index (χ2v) is 9.83. The van der Waals surface area contributed by atoms with E-state index in [1.54, 1.807) is 42.7 Å². The molecule has 35 heavy (non-hydrogen) atoms. The van der Waals surface area contributed by atoms with Gasteiger partial charge in [-0.05, 0) is 56.5 Å².